The molecule has 104 valence electrons. The number of hydrogen-bond acceptors (Lipinski definition) is 3. The topological polar surface area (TPSA) is 58.2 Å². The van der Waals surface area contributed by atoms with Crippen LogP contribution in [0.5, 0.6) is 0 Å². The van der Waals surface area contributed by atoms with Crippen LogP contribution in [0, 0.1) is 0 Å². The van der Waals surface area contributed by atoms with Crippen LogP contribution >= 0.6 is 0 Å². The van der Waals surface area contributed by atoms with Crippen molar-refractivity contribution in [2.24, 2.45) is 0 Å². The molecule has 0 atom stereocenters. The van der Waals surface area contributed by atoms with Crippen molar-refractivity contribution >= 4 is 10.0 Å². The minimum atomic E-state index is -3.04. The fourth-order valence-corrected chi connectivity index (χ4v) is 2.67. The van der Waals surface area contributed by atoms with E-state index in [1.54, 1.807) is 0 Å². The summed E-state index contributed by atoms with van der Waals surface area (Å²) in [6.45, 7) is 7.76. The maximum Gasteiger partial charge on any atom is 0.211 e. The van der Waals surface area contributed by atoms with E-state index < -0.39 is 10.0 Å². The van der Waals surface area contributed by atoms with Crippen LogP contribution in [-0.2, 0) is 10.0 Å². The zero-order valence-electron chi connectivity index (χ0n) is 11.5. The largest absolute Gasteiger partial charge is 0.315 e. The molecule has 0 aliphatic carbocycles. The summed E-state index contributed by atoms with van der Waals surface area (Å²) in [6.07, 6.45) is 4.77. The van der Waals surface area contributed by atoms with Gasteiger partial charge in [-0.1, -0.05) is 33.6 Å². The van der Waals surface area contributed by atoms with Gasteiger partial charge in [-0.05, 0) is 25.8 Å². The Kier molecular flexibility index (Phi) is 9.78. The smallest absolute Gasteiger partial charge is 0.211 e. The van der Waals surface area contributed by atoms with E-state index in [2.05, 4.69) is 30.8 Å². The molecule has 0 aliphatic rings. The summed E-state index contributed by atoms with van der Waals surface area (Å²) in [4.78, 5) is 0. The Bertz CT molecular complexity index is 264. The molecule has 0 aliphatic heterocycles. The molecule has 0 spiro atoms. The van der Waals surface area contributed by atoms with Crippen LogP contribution < -0.4 is 10.0 Å². The van der Waals surface area contributed by atoms with E-state index in [1.165, 1.54) is 0 Å². The SMILES string of the molecule is CCCCCNS(=O)(=O)CCCCNC(C)C. The van der Waals surface area contributed by atoms with Gasteiger partial charge >= 0.3 is 0 Å². The molecule has 2 N–H and O–H groups in total. The second kappa shape index (κ2) is 9.85. The molecule has 0 rings (SSSR count). The molecular formula is C12H28N2O2S. The van der Waals surface area contributed by atoms with Crippen molar-refractivity contribution in [1.82, 2.24) is 10.0 Å². The lowest BCUT2D eigenvalue weighted by atomic mass is 10.3. The van der Waals surface area contributed by atoms with E-state index in [9.17, 15) is 8.42 Å². The Hall–Kier alpha value is -0.130. The zero-order chi connectivity index (χ0) is 13.1. The van der Waals surface area contributed by atoms with Crippen molar-refractivity contribution in [3.63, 3.8) is 0 Å². The number of nitrogens with one attached hydrogen (secondary N) is 2. The first kappa shape index (κ1) is 16.9. The van der Waals surface area contributed by atoms with Crippen LogP contribution in [0.2, 0.25) is 0 Å². The third kappa shape index (κ3) is 12.1. The molecule has 0 fully saturated rings. The molecule has 0 saturated heterocycles. The predicted molar refractivity (Wildman–Crippen MR) is 73.7 cm³/mol. The maximum atomic E-state index is 11.6. The van der Waals surface area contributed by atoms with E-state index in [4.69, 9.17) is 0 Å². The van der Waals surface area contributed by atoms with Gasteiger partial charge in [0.25, 0.3) is 0 Å². The average molecular weight is 264 g/mol. The monoisotopic (exact) mass is 264 g/mol. The number of rotatable bonds is 11. The second-order valence-corrected chi connectivity index (χ2v) is 6.66. The lowest BCUT2D eigenvalue weighted by Gasteiger charge is -2.08. The van der Waals surface area contributed by atoms with Gasteiger partial charge in [-0.15, -0.1) is 0 Å². The molecule has 17 heavy (non-hydrogen) atoms. The minimum Gasteiger partial charge on any atom is -0.315 e. The molecule has 0 radical (unpaired) electrons. The molecule has 0 aromatic carbocycles. The summed E-state index contributed by atoms with van der Waals surface area (Å²) < 4.78 is 25.8. The molecule has 0 saturated carbocycles. The number of hydrogen-bond donors (Lipinski definition) is 2. The Morgan fingerprint density at radius 2 is 1.65 bits per heavy atom. The van der Waals surface area contributed by atoms with Crippen LogP contribution in [0.4, 0.5) is 0 Å². The maximum absolute atomic E-state index is 11.6. The van der Waals surface area contributed by atoms with E-state index in [0.717, 1.165) is 38.6 Å². The van der Waals surface area contributed by atoms with Gasteiger partial charge in [-0.2, -0.15) is 0 Å². The lowest BCUT2D eigenvalue weighted by Crippen LogP contribution is -2.28. The quantitative estimate of drug-likeness (QED) is 0.560. The first-order valence-electron chi connectivity index (χ1n) is 6.68. The summed E-state index contributed by atoms with van der Waals surface area (Å²) >= 11 is 0. The Morgan fingerprint density at radius 3 is 2.24 bits per heavy atom. The molecule has 0 heterocycles. The van der Waals surface area contributed by atoms with E-state index >= 15 is 0 Å². The van der Waals surface area contributed by atoms with E-state index in [-0.39, 0.29) is 5.75 Å². The highest BCUT2D eigenvalue weighted by atomic mass is 32.2. The van der Waals surface area contributed by atoms with Crippen LogP contribution in [0.25, 0.3) is 0 Å². The predicted octanol–water partition coefficient (Wildman–Crippen LogP) is 1.87. The third-order valence-corrected chi connectivity index (χ3v) is 3.96. The van der Waals surface area contributed by atoms with E-state index in [0.29, 0.717) is 12.6 Å². The first-order chi connectivity index (χ1) is 7.98. The average Bonchev–Trinajstić information content (AvgIpc) is 2.23. The zero-order valence-corrected chi connectivity index (χ0v) is 12.3. The summed E-state index contributed by atoms with van der Waals surface area (Å²) in [5.41, 5.74) is 0. The van der Waals surface area contributed by atoms with Crippen molar-refractivity contribution in [3.05, 3.63) is 0 Å². The van der Waals surface area contributed by atoms with Crippen LogP contribution in [0.3, 0.4) is 0 Å². The summed E-state index contributed by atoms with van der Waals surface area (Å²) in [6, 6.07) is 0.471. The number of sulfonamides is 1. The van der Waals surface area contributed by atoms with Gasteiger partial charge in [0.05, 0.1) is 5.75 Å². The van der Waals surface area contributed by atoms with E-state index in [1.807, 2.05) is 0 Å². The van der Waals surface area contributed by atoms with Crippen molar-refractivity contribution in [2.45, 2.75) is 58.9 Å². The first-order valence-corrected chi connectivity index (χ1v) is 8.34. The van der Waals surface area contributed by atoms with Gasteiger partial charge in [-0.25, -0.2) is 13.1 Å². The van der Waals surface area contributed by atoms with Crippen molar-refractivity contribution in [3.8, 4) is 0 Å². The van der Waals surface area contributed by atoms with Crippen LogP contribution in [0.1, 0.15) is 52.9 Å². The molecular weight excluding hydrogens is 236 g/mol. The molecule has 0 aromatic rings. The van der Waals surface area contributed by atoms with Gasteiger partial charge in [0.2, 0.25) is 10.0 Å². The second-order valence-electron chi connectivity index (χ2n) is 4.74. The Morgan fingerprint density at radius 1 is 1.00 bits per heavy atom. The summed E-state index contributed by atoms with van der Waals surface area (Å²) in [7, 11) is -3.04. The fourth-order valence-electron chi connectivity index (χ4n) is 1.48. The normalized spacial score (nSPS) is 12.2. The molecule has 4 nitrogen and oxygen atoms in total. The van der Waals surface area contributed by atoms with Crippen molar-refractivity contribution in [1.29, 1.82) is 0 Å². The van der Waals surface area contributed by atoms with Gasteiger partial charge in [0.15, 0.2) is 0 Å². The Balaban J connectivity index is 3.51. The van der Waals surface area contributed by atoms with Crippen molar-refractivity contribution < 1.29 is 8.42 Å². The van der Waals surface area contributed by atoms with Crippen LogP contribution in [-0.4, -0.2) is 33.3 Å². The van der Waals surface area contributed by atoms with Gasteiger partial charge in [0, 0.05) is 12.6 Å². The third-order valence-electron chi connectivity index (χ3n) is 2.49. The van der Waals surface area contributed by atoms with Crippen LogP contribution in [0.15, 0.2) is 0 Å². The molecule has 0 unspecified atom stereocenters. The molecule has 5 heteroatoms. The number of unbranched alkanes of at least 4 members (excludes halogenated alkanes) is 3. The minimum absolute atomic E-state index is 0.249. The van der Waals surface area contributed by atoms with Gasteiger partial charge < -0.3 is 5.32 Å². The highest BCUT2D eigenvalue weighted by Crippen LogP contribution is 1.96. The standard InChI is InChI=1S/C12H28N2O2S/c1-4-5-6-10-14-17(15,16)11-8-7-9-13-12(2)3/h12-14H,4-11H2,1-3H3. The highest BCUT2D eigenvalue weighted by Gasteiger charge is 2.08. The lowest BCUT2D eigenvalue weighted by molar-refractivity contribution is 0.553. The highest BCUT2D eigenvalue weighted by molar-refractivity contribution is 7.89. The summed E-state index contributed by atoms with van der Waals surface area (Å²) in [5.74, 6) is 0.249. The van der Waals surface area contributed by atoms with Gasteiger partial charge in [0.1, 0.15) is 0 Å². The van der Waals surface area contributed by atoms with Gasteiger partial charge in [-0.3, -0.25) is 0 Å². The Labute approximate surface area is 107 Å². The molecule has 0 amide bonds. The van der Waals surface area contributed by atoms with Crippen molar-refractivity contribution in [2.75, 3.05) is 18.8 Å². The summed E-state index contributed by atoms with van der Waals surface area (Å²) in [5, 5.41) is 3.28. The molecule has 0 aromatic heterocycles. The fraction of sp³-hybridized carbons (Fsp3) is 1.00. The molecule has 0 bridgehead atoms.